The Labute approximate surface area is 258 Å². The minimum Gasteiger partial charge on any atom is -0.497 e. The van der Waals surface area contributed by atoms with Crippen LogP contribution in [0.3, 0.4) is 0 Å². The number of nitrogens with one attached hydrogen (secondary N) is 2. The highest BCUT2D eigenvalue weighted by molar-refractivity contribution is 6.18. The fourth-order valence-corrected chi connectivity index (χ4v) is 6.30. The lowest BCUT2D eigenvalue weighted by Gasteiger charge is -2.37. The predicted octanol–water partition coefficient (Wildman–Crippen LogP) is 6.41. The first kappa shape index (κ1) is 29.5. The molecule has 3 aromatic carbocycles. The Morgan fingerprint density at radius 2 is 1.70 bits per heavy atom. The lowest BCUT2D eigenvalue weighted by atomic mass is 9.77. The second kappa shape index (κ2) is 11.9. The van der Waals surface area contributed by atoms with Gasteiger partial charge in [0, 0.05) is 17.7 Å². The van der Waals surface area contributed by atoms with Crippen molar-refractivity contribution in [2.24, 2.45) is 10.4 Å². The number of rotatable bonds is 9. The largest absolute Gasteiger partial charge is 0.497 e. The number of H-pyrrole nitrogens is 1. The van der Waals surface area contributed by atoms with Gasteiger partial charge < -0.3 is 14.8 Å². The van der Waals surface area contributed by atoms with Crippen LogP contribution in [-0.2, 0) is 10.3 Å². The predicted molar refractivity (Wildman–Crippen MR) is 169 cm³/mol. The summed E-state index contributed by atoms with van der Waals surface area (Å²) in [5.41, 5.74) is 0.412. The van der Waals surface area contributed by atoms with Crippen molar-refractivity contribution >= 4 is 35.1 Å². The van der Waals surface area contributed by atoms with Crippen molar-refractivity contribution in [3.05, 3.63) is 118 Å². The number of benzene rings is 3. The molecule has 226 valence electrons. The first-order chi connectivity index (χ1) is 21.4. The number of alkyl halides is 1. The SMILES string of the molecule is CC[C@@]1(C=NCl)O[C@@H](n2cnc3c(=O)[nH]c(NC(c4ccccc4)(c4ccccc4)c4ccc(OC)cc4)nc32)[C@H](F)[C@@H]1C. The quantitative estimate of drug-likeness (QED) is 0.147. The van der Waals surface area contributed by atoms with E-state index in [1.807, 2.05) is 91.9 Å². The Morgan fingerprint density at radius 1 is 1.09 bits per heavy atom. The molecular weight excluding hydrogens is 583 g/mol. The molecule has 2 N–H and O–H groups in total. The molecule has 5 aromatic rings. The van der Waals surface area contributed by atoms with E-state index < -0.39 is 35.0 Å². The second-order valence-electron chi connectivity index (χ2n) is 10.9. The van der Waals surface area contributed by atoms with Gasteiger partial charge in [-0.25, -0.2) is 9.37 Å². The maximum Gasteiger partial charge on any atom is 0.280 e. The van der Waals surface area contributed by atoms with Gasteiger partial charge >= 0.3 is 0 Å². The summed E-state index contributed by atoms with van der Waals surface area (Å²) in [5.74, 6) is 0.309. The zero-order chi connectivity index (χ0) is 30.9. The number of hydrogen-bond acceptors (Lipinski definition) is 7. The standard InChI is InChI=1S/C33H32ClFN6O3/c1-4-32(19-37-34)21(2)26(35)30(44-32)41-20-36-27-28(41)38-31(39-29(27)42)40-33(22-11-7-5-8-12-22,23-13-9-6-10-14-23)24-15-17-25(43-3)18-16-24/h5-21,26,30H,4H2,1-3H3,(H2,38,39,40,42)/t21-,26+,30+,32-/m0/s1. The summed E-state index contributed by atoms with van der Waals surface area (Å²) < 4.78 is 32.6. The molecule has 9 nitrogen and oxygen atoms in total. The lowest BCUT2D eigenvalue weighted by molar-refractivity contribution is -0.0465. The molecule has 0 radical (unpaired) electrons. The van der Waals surface area contributed by atoms with E-state index in [0.29, 0.717) is 12.2 Å². The van der Waals surface area contributed by atoms with Crippen LogP contribution in [0.25, 0.3) is 11.2 Å². The van der Waals surface area contributed by atoms with Gasteiger partial charge in [-0.3, -0.25) is 14.3 Å². The minimum absolute atomic E-state index is 0.0634. The zero-order valence-electron chi connectivity index (χ0n) is 24.4. The van der Waals surface area contributed by atoms with Gasteiger partial charge in [0.15, 0.2) is 23.6 Å². The third-order valence-corrected chi connectivity index (χ3v) is 8.73. The van der Waals surface area contributed by atoms with Crippen LogP contribution in [-0.4, -0.2) is 44.6 Å². The number of aromatic amines is 1. The topological polar surface area (TPSA) is 106 Å². The van der Waals surface area contributed by atoms with Gasteiger partial charge in [-0.2, -0.15) is 9.50 Å². The molecule has 1 fully saturated rings. The highest BCUT2D eigenvalue weighted by Crippen LogP contribution is 2.45. The number of ether oxygens (including phenoxy) is 2. The molecule has 6 rings (SSSR count). The molecule has 3 heterocycles. The van der Waals surface area contributed by atoms with Gasteiger partial charge in [-0.1, -0.05) is 86.6 Å². The molecule has 11 heteroatoms. The lowest BCUT2D eigenvalue weighted by Crippen LogP contribution is -2.39. The Balaban J connectivity index is 1.53. The van der Waals surface area contributed by atoms with Gasteiger partial charge in [0.25, 0.3) is 5.56 Å². The molecule has 1 aliphatic rings. The molecule has 0 aliphatic carbocycles. The highest BCUT2D eigenvalue weighted by Gasteiger charge is 2.53. The van der Waals surface area contributed by atoms with E-state index in [0.717, 1.165) is 16.7 Å². The third kappa shape index (κ3) is 4.84. The molecule has 44 heavy (non-hydrogen) atoms. The maximum absolute atomic E-state index is 15.9. The normalized spacial score (nSPS) is 22.1. The van der Waals surface area contributed by atoms with Gasteiger partial charge in [0.2, 0.25) is 5.95 Å². The Bertz CT molecular complexity index is 1790. The van der Waals surface area contributed by atoms with Crippen molar-refractivity contribution in [2.75, 3.05) is 12.4 Å². The van der Waals surface area contributed by atoms with Crippen LogP contribution < -0.4 is 15.6 Å². The van der Waals surface area contributed by atoms with Crippen LogP contribution in [0.15, 0.2) is 101 Å². The number of hydrogen-bond donors (Lipinski definition) is 2. The van der Waals surface area contributed by atoms with Crippen molar-refractivity contribution in [3.63, 3.8) is 0 Å². The van der Waals surface area contributed by atoms with E-state index >= 15 is 4.39 Å². The van der Waals surface area contributed by atoms with E-state index in [1.54, 1.807) is 14.0 Å². The van der Waals surface area contributed by atoms with Gasteiger partial charge in [-0.05, 0) is 35.2 Å². The molecular formula is C33H32ClFN6O3. The summed E-state index contributed by atoms with van der Waals surface area (Å²) in [7, 11) is 1.62. The number of methoxy groups -OCH3 is 1. The molecule has 0 bridgehead atoms. The summed E-state index contributed by atoms with van der Waals surface area (Å²) in [5, 5.41) is 3.57. The van der Waals surface area contributed by atoms with E-state index in [-0.39, 0.29) is 17.1 Å². The Kier molecular flexibility index (Phi) is 7.96. The summed E-state index contributed by atoms with van der Waals surface area (Å²) in [4.78, 5) is 25.4. The Morgan fingerprint density at radius 3 is 2.27 bits per heavy atom. The molecule has 0 unspecified atom stereocenters. The fraction of sp³-hybridized carbons (Fsp3) is 0.273. The van der Waals surface area contributed by atoms with E-state index in [9.17, 15) is 4.79 Å². The monoisotopic (exact) mass is 614 g/mol. The van der Waals surface area contributed by atoms with E-state index in [2.05, 4.69) is 19.8 Å². The molecule has 0 spiro atoms. The van der Waals surface area contributed by atoms with Crippen LogP contribution in [0.4, 0.5) is 10.3 Å². The molecule has 0 saturated carbocycles. The van der Waals surface area contributed by atoms with Crippen LogP contribution in [0.1, 0.15) is 43.2 Å². The summed E-state index contributed by atoms with van der Waals surface area (Å²) in [6.45, 7) is 3.63. The zero-order valence-corrected chi connectivity index (χ0v) is 25.2. The molecule has 0 amide bonds. The average Bonchev–Trinajstić information content (AvgIpc) is 3.60. The number of anilines is 1. The van der Waals surface area contributed by atoms with Crippen molar-refractivity contribution in [1.29, 1.82) is 0 Å². The molecule has 1 aliphatic heterocycles. The van der Waals surface area contributed by atoms with E-state index in [1.165, 1.54) is 17.1 Å². The first-order valence-corrected chi connectivity index (χ1v) is 14.7. The third-order valence-electron chi connectivity index (χ3n) is 8.63. The van der Waals surface area contributed by atoms with Crippen LogP contribution in [0, 0.1) is 5.92 Å². The van der Waals surface area contributed by atoms with Gasteiger partial charge in [-0.15, -0.1) is 0 Å². The van der Waals surface area contributed by atoms with Crippen LogP contribution in [0.5, 0.6) is 5.75 Å². The highest BCUT2D eigenvalue weighted by atomic mass is 35.5. The van der Waals surface area contributed by atoms with Crippen LogP contribution >= 0.6 is 11.8 Å². The Hall–Kier alpha value is -4.54. The summed E-state index contributed by atoms with van der Waals surface area (Å²) >= 11 is 5.68. The smallest absolute Gasteiger partial charge is 0.280 e. The number of nitrogens with zero attached hydrogens (tertiary/aromatic N) is 4. The number of imidazole rings is 1. The number of fused-ring (bicyclic) bond motifs is 1. The van der Waals surface area contributed by atoms with Crippen molar-refractivity contribution in [2.45, 2.75) is 43.8 Å². The second-order valence-corrected chi connectivity index (χ2v) is 11.0. The minimum atomic E-state index is -1.44. The van der Waals surface area contributed by atoms with Crippen molar-refractivity contribution in [1.82, 2.24) is 19.5 Å². The molecule has 4 atom stereocenters. The molecule has 2 aromatic heterocycles. The average molecular weight is 615 g/mol. The first-order valence-electron chi connectivity index (χ1n) is 14.3. The van der Waals surface area contributed by atoms with Crippen LogP contribution in [0.2, 0.25) is 0 Å². The van der Waals surface area contributed by atoms with Crippen molar-refractivity contribution in [3.8, 4) is 5.75 Å². The van der Waals surface area contributed by atoms with Gasteiger partial charge in [0.05, 0.1) is 19.7 Å². The summed E-state index contributed by atoms with van der Waals surface area (Å²) in [6, 6.07) is 27.5. The van der Waals surface area contributed by atoms with Gasteiger partial charge in [0.1, 0.15) is 16.9 Å². The number of aromatic nitrogens is 4. The molecule has 1 saturated heterocycles. The van der Waals surface area contributed by atoms with Crippen molar-refractivity contribution < 1.29 is 13.9 Å². The number of halogens is 2. The van der Waals surface area contributed by atoms with E-state index in [4.69, 9.17) is 26.2 Å². The fourth-order valence-electron chi connectivity index (χ4n) is 6.13. The summed E-state index contributed by atoms with van der Waals surface area (Å²) in [6.07, 6.45) is 0.733. The maximum atomic E-state index is 15.9.